The molecule has 0 aliphatic heterocycles. The lowest BCUT2D eigenvalue weighted by atomic mass is 10.1. The van der Waals surface area contributed by atoms with Crippen molar-refractivity contribution in [3.63, 3.8) is 0 Å². The van der Waals surface area contributed by atoms with Crippen molar-refractivity contribution < 1.29 is 45.8 Å². The predicted molar refractivity (Wildman–Crippen MR) is 130 cm³/mol. The average Bonchev–Trinajstić information content (AvgIpc) is 3.19. The van der Waals surface area contributed by atoms with E-state index in [9.17, 15) is 41.0 Å². The van der Waals surface area contributed by atoms with Gasteiger partial charge in [-0.05, 0) is 80.6 Å². The fraction of sp³-hybridized carbons (Fsp3) is 0.400. The predicted octanol–water partition coefficient (Wildman–Crippen LogP) is 7.17. The molecule has 3 rings (SSSR count). The molecule has 1 unspecified atom stereocenters. The summed E-state index contributed by atoms with van der Waals surface area (Å²) in [5.74, 6) is -1.41. The van der Waals surface area contributed by atoms with Crippen LogP contribution in [-0.2, 0) is 17.6 Å². The van der Waals surface area contributed by atoms with Crippen LogP contribution in [0.5, 0.6) is 0 Å². The van der Waals surface area contributed by atoms with Gasteiger partial charge in [-0.15, -0.1) is 20.5 Å². The highest BCUT2D eigenvalue weighted by Gasteiger charge is 2.33. The van der Waals surface area contributed by atoms with Crippen LogP contribution in [0.15, 0.2) is 47.4 Å². The maximum absolute atomic E-state index is 13.2. The van der Waals surface area contributed by atoms with Crippen LogP contribution in [0.25, 0.3) is 0 Å². The van der Waals surface area contributed by atoms with Crippen molar-refractivity contribution in [2.45, 2.75) is 61.4 Å². The lowest BCUT2D eigenvalue weighted by Crippen LogP contribution is -2.44. The van der Waals surface area contributed by atoms with Crippen molar-refractivity contribution in [3.8, 4) is 0 Å². The maximum Gasteiger partial charge on any atom is 0.483 e. The van der Waals surface area contributed by atoms with Gasteiger partial charge in [-0.25, -0.2) is 14.0 Å². The summed E-state index contributed by atoms with van der Waals surface area (Å²) in [4.78, 5) is 34.7. The van der Waals surface area contributed by atoms with Crippen LogP contribution in [0.2, 0.25) is 0 Å². The Bertz CT molecular complexity index is 1140. The molecule has 1 aliphatic rings. The molecule has 0 fully saturated rings. The van der Waals surface area contributed by atoms with Gasteiger partial charge in [0.25, 0.3) is 0 Å². The van der Waals surface area contributed by atoms with E-state index >= 15 is 0 Å². The van der Waals surface area contributed by atoms with Gasteiger partial charge in [0.05, 0.1) is 0 Å². The second-order valence-electron chi connectivity index (χ2n) is 8.99. The Morgan fingerprint density at radius 2 is 1.61 bits per heavy atom. The highest BCUT2D eigenvalue weighted by molar-refractivity contribution is 8.01. The molecule has 208 valence electrons. The van der Waals surface area contributed by atoms with Gasteiger partial charge in [0.2, 0.25) is 0 Å². The summed E-state index contributed by atoms with van der Waals surface area (Å²) in [7, 11) is 0. The van der Waals surface area contributed by atoms with Crippen LogP contribution in [0.4, 0.5) is 41.6 Å². The molecular weight excluding hydrogens is 538 g/mol. The number of amides is 2. The third-order valence-electron chi connectivity index (χ3n) is 5.63. The molecule has 0 spiro atoms. The van der Waals surface area contributed by atoms with E-state index in [0.717, 1.165) is 16.0 Å². The van der Waals surface area contributed by atoms with Gasteiger partial charge >= 0.3 is 24.5 Å². The molecule has 1 aliphatic carbocycles. The molecule has 0 heterocycles. The SMILES string of the molecule is CC(C)(Sc1ccc2c(c1)CC(N(CCCC(F)(F)F)C(=O)Nc1ccc(F)cc1)C2)C(=O)O.O=C(F)F. The van der Waals surface area contributed by atoms with Crippen LogP contribution in [-0.4, -0.2) is 51.8 Å². The molecule has 0 radical (unpaired) electrons. The minimum atomic E-state index is -4.32. The number of fused-ring (bicyclic) bond motifs is 1. The average molecular weight is 565 g/mol. The number of thioether (sulfide) groups is 1. The lowest BCUT2D eigenvalue weighted by Gasteiger charge is -2.29. The first-order valence-corrected chi connectivity index (χ1v) is 12.2. The van der Waals surface area contributed by atoms with E-state index in [-0.39, 0.29) is 19.0 Å². The summed E-state index contributed by atoms with van der Waals surface area (Å²) < 4.78 is 69.7. The molecule has 2 N–H and O–H groups in total. The van der Waals surface area contributed by atoms with Crippen LogP contribution in [0.3, 0.4) is 0 Å². The van der Waals surface area contributed by atoms with E-state index in [1.54, 1.807) is 13.8 Å². The number of carbonyl (C=O) groups is 3. The molecule has 6 nitrogen and oxygen atoms in total. The first-order chi connectivity index (χ1) is 17.6. The molecule has 2 aromatic carbocycles. The molecule has 2 aromatic rings. The highest BCUT2D eigenvalue weighted by Crippen LogP contribution is 2.36. The third-order valence-corrected chi connectivity index (χ3v) is 6.81. The summed E-state index contributed by atoms with van der Waals surface area (Å²) in [6.07, 6.45) is -7.47. The number of halogens is 6. The number of rotatable bonds is 8. The van der Waals surface area contributed by atoms with Gasteiger partial charge in [-0.1, -0.05) is 6.07 Å². The van der Waals surface area contributed by atoms with Crippen molar-refractivity contribution in [2.75, 3.05) is 11.9 Å². The van der Waals surface area contributed by atoms with E-state index in [0.29, 0.717) is 18.5 Å². The largest absolute Gasteiger partial charge is 0.483 e. The molecule has 0 saturated heterocycles. The van der Waals surface area contributed by atoms with Crippen LogP contribution in [0, 0.1) is 5.82 Å². The highest BCUT2D eigenvalue weighted by atomic mass is 32.2. The fourth-order valence-corrected chi connectivity index (χ4v) is 4.84. The van der Waals surface area contributed by atoms with Gasteiger partial charge in [0.1, 0.15) is 10.6 Å². The number of urea groups is 1. The fourth-order valence-electron chi connectivity index (χ4n) is 3.82. The normalized spacial score (nSPS) is 14.7. The maximum atomic E-state index is 13.2. The minimum Gasteiger partial charge on any atom is -0.480 e. The van der Waals surface area contributed by atoms with Crippen molar-refractivity contribution in [1.82, 2.24) is 4.90 Å². The molecule has 2 amide bonds. The summed E-state index contributed by atoms with van der Waals surface area (Å²) in [5.41, 5.74) is 2.25. The van der Waals surface area contributed by atoms with Crippen LogP contribution >= 0.6 is 11.8 Å². The molecule has 13 heteroatoms. The lowest BCUT2D eigenvalue weighted by molar-refractivity contribution is -0.139. The van der Waals surface area contributed by atoms with Gasteiger partial charge in [-0.2, -0.15) is 13.2 Å². The molecule has 0 saturated carbocycles. The number of benzene rings is 2. The zero-order valence-corrected chi connectivity index (χ0v) is 21.3. The van der Waals surface area contributed by atoms with Gasteiger partial charge in [-0.3, -0.25) is 4.79 Å². The van der Waals surface area contributed by atoms with Crippen LogP contribution < -0.4 is 5.32 Å². The zero-order chi connectivity index (χ0) is 28.7. The number of nitrogens with zero attached hydrogens (tertiary/aromatic N) is 1. The number of carboxylic acids is 1. The first-order valence-electron chi connectivity index (χ1n) is 11.4. The van der Waals surface area contributed by atoms with Crippen molar-refractivity contribution in [3.05, 3.63) is 59.4 Å². The van der Waals surface area contributed by atoms with Gasteiger partial charge in [0.15, 0.2) is 0 Å². The summed E-state index contributed by atoms with van der Waals surface area (Å²) in [6.45, 7) is 3.13. The summed E-state index contributed by atoms with van der Waals surface area (Å²) >= 11 is 1.21. The van der Waals surface area contributed by atoms with Crippen molar-refractivity contribution >= 4 is 35.7 Å². The first kappa shape index (κ1) is 31.0. The minimum absolute atomic E-state index is 0.0845. The number of hydrogen-bond acceptors (Lipinski definition) is 4. The van der Waals surface area contributed by atoms with E-state index in [1.165, 1.54) is 40.9 Å². The number of alkyl halides is 3. The monoisotopic (exact) mass is 564 g/mol. The topological polar surface area (TPSA) is 86.7 Å². The Labute approximate surface area is 219 Å². The van der Waals surface area contributed by atoms with E-state index in [1.807, 2.05) is 18.2 Å². The zero-order valence-electron chi connectivity index (χ0n) is 20.4. The standard InChI is InChI=1S/C24H26F4N2O3S.CF2O/c1-23(2,21(31)32)34-20-9-4-15-12-19(13-16(15)14-20)30(11-3-10-24(26,27)28)22(33)29-18-7-5-17(25)6-8-18;2-1(3)4/h4-9,14,19H,3,10-13H2,1-2H3,(H,29,33)(H,31,32);. The molecule has 0 aromatic heterocycles. The summed E-state index contributed by atoms with van der Waals surface area (Å²) in [5, 5.41) is 12.0. The van der Waals surface area contributed by atoms with Gasteiger partial charge < -0.3 is 15.3 Å². The quantitative estimate of drug-likeness (QED) is 0.202. The number of carboxylic acid groups (broad SMARTS) is 1. The number of carbonyl (C=O) groups excluding carboxylic acids is 2. The second-order valence-corrected chi connectivity index (χ2v) is 10.7. The molecule has 38 heavy (non-hydrogen) atoms. The van der Waals surface area contributed by atoms with Crippen molar-refractivity contribution in [2.24, 2.45) is 0 Å². The third kappa shape index (κ3) is 9.92. The Hall–Kier alpha value is -3.22. The van der Waals surface area contributed by atoms with E-state index in [4.69, 9.17) is 4.79 Å². The van der Waals surface area contributed by atoms with Crippen LogP contribution in [0.1, 0.15) is 37.8 Å². The Balaban J connectivity index is 0.00000118. The van der Waals surface area contributed by atoms with E-state index < -0.39 is 41.5 Å². The Kier molecular flexibility index (Phi) is 10.6. The number of anilines is 1. The molecule has 1 atom stereocenters. The Morgan fingerprint density at radius 1 is 1.03 bits per heavy atom. The van der Waals surface area contributed by atoms with Crippen molar-refractivity contribution in [1.29, 1.82) is 0 Å². The number of nitrogens with one attached hydrogen (secondary N) is 1. The van der Waals surface area contributed by atoms with E-state index in [2.05, 4.69) is 5.32 Å². The number of aliphatic carboxylic acids is 1. The smallest absolute Gasteiger partial charge is 0.480 e. The molecular formula is C25H26F6N2O4S. The van der Waals surface area contributed by atoms with Gasteiger partial charge in [0, 0.05) is 29.6 Å². The Morgan fingerprint density at radius 3 is 2.16 bits per heavy atom. The second kappa shape index (κ2) is 13.0. The molecule has 0 bridgehead atoms. The number of hydrogen-bond donors (Lipinski definition) is 2. The summed E-state index contributed by atoms with van der Waals surface area (Å²) in [6, 6.07) is 9.83.